The molecule has 10 rings (SSSR count). The van der Waals surface area contributed by atoms with E-state index in [4.69, 9.17) is 75.8 Å². The SMILES string of the molecule is CCOC(=O)[C@H](CCCCNC(=O)COCC(=O)O[C@@H](C(=O)O[C@H]1C[C@@]2(O)[C@@H](OC(=O)c3ccccc3)[C@@H]3[C@]4(OC(C)=O)CO[C@@H]4C[C@H](O)[C@@]3(C)C(=O)[C@H](O)C(=C1C)C2(C)C)C(NC(=O)OC(C)(C)C)c1ccccc1)CC(=O)CNC(=O)CNC(=O)CCCc1cn(CCCCCC(=O)N[C@@H](Cc2ccc(OCCCNC(=O)CO[C@@H]3C(O)[C@@H](OC)OC(CO[C@H]4OC(COC)[C@@H](O)[C@H](O)C4O)[C@H]3O)cc2)C(=O)OCC)nn1. The molecule has 47 nitrogen and oxygen atoms in total. The molecule has 2 saturated carbocycles. The standard InChI is InChI=1S/C102H143N9O38/c1-13-137-91(128)62(32-23-24-40-103-75(118)53-136-55-77(120)146-86(79(60-28-18-15-19-29-60)108-97(132)149-98(5,6)7)94(131)143-67-47-102(133)90(147-92(129)61-30-20-16-21-31-61)88-100(10,89(127)82(123)78(57(67)3)99(102,8)9)70(114)46-71-101(88,56-142-71)148-58(4)112)45-64(113)48-105-74(117)49-106-72(115)35-26-33-63-50-111(110-109-63)42-25-17-22-34-73(116)107-66(93(130)138-14-2)44-59-36-38-65(39-37-59)139-43-27-41-104-76(119)54-140-87-81(122)69(144-95(135-12)85(87)126)52-141-96-84(125)83(124)80(121)68(145-96)51-134-11/h15-16,18-21,28-31,36-39,50,62,66-71,79-88,90,95-96,114,121-126,133H,13-14,17,22-27,32-35,40-49,51-56H2,1-12H3,(H,103,118)(H,104,119)(H,105,117)(H,106,115)(H,107,116)(H,108,132)/t62-,66+,67+,68?,69?,70+,71-,79?,80-,81-,82-,83+,84?,85?,86-,87+,88+,90+,95+,96+,100-,101+,102-/m1/s1. The van der Waals surface area contributed by atoms with Crippen molar-refractivity contribution in [2.75, 3.05) is 99.9 Å². The van der Waals surface area contributed by atoms with Gasteiger partial charge in [0.2, 0.25) is 35.6 Å². The van der Waals surface area contributed by atoms with Crippen molar-refractivity contribution in [2.24, 2.45) is 22.7 Å². The lowest BCUT2D eigenvalue weighted by Gasteiger charge is -2.67. The van der Waals surface area contributed by atoms with Gasteiger partial charge < -0.3 is 149 Å². The number of Topliss-reactive ketones (excluding diaryl/α,β-unsaturated/α-hetero) is 2. The van der Waals surface area contributed by atoms with Crippen molar-refractivity contribution in [3.05, 3.63) is 125 Å². The number of hydrogen-bond acceptors (Lipinski definition) is 40. The molecule has 23 atom stereocenters. The maximum absolute atomic E-state index is 15.5. The lowest BCUT2D eigenvalue weighted by atomic mass is 9.44. The van der Waals surface area contributed by atoms with Crippen LogP contribution in [0.1, 0.15) is 186 Å². The van der Waals surface area contributed by atoms with Crippen LogP contribution in [0.4, 0.5) is 4.79 Å². The van der Waals surface area contributed by atoms with Gasteiger partial charge in [-0.15, -0.1) is 5.10 Å². The zero-order valence-electron chi connectivity index (χ0n) is 85.9. The van der Waals surface area contributed by atoms with E-state index in [0.717, 1.165) is 6.92 Å². The molecule has 0 radical (unpaired) electrons. The summed E-state index contributed by atoms with van der Waals surface area (Å²) in [5, 5.41) is 116. The minimum absolute atomic E-state index is 0.00287. The minimum Gasteiger partial charge on any atom is -0.494 e. The number of alkyl carbamates (subject to hydrolysis) is 1. The van der Waals surface area contributed by atoms with E-state index in [1.165, 1.54) is 66.2 Å². The van der Waals surface area contributed by atoms with Gasteiger partial charge in [0.15, 0.2) is 29.7 Å². The monoisotopic (exact) mass is 2100 g/mol. The first-order chi connectivity index (χ1) is 70.8. The molecule has 6 amide bonds. The van der Waals surface area contributed by atoms with Crippen molar-refractivity contribution in [3.8, 4) is 5.75 Å². The first-order valence-electron chi connectivity index (χ1n) is 50.0. The van der Waals surface area contributed by atoms with Gasteiger partial charge in [0.1, 0.15) is 122 Å². The molecule has 4 heterocycles. The van der Waals surface area contributed by atoms with Crippen molar-refractivity contribution < 1.29 is 184 Å². The number of aliphatic hydroxyl groups is 8. The van der Waals surface area contributed by atoms with Gasteiger partial charge in [0.05, 0.1) is 87.3 Å². The molecule has 3 aliphatic carbocycles. The smallest absolute Gasteiger partial charge is 0.408 e. The number of carbonyl (C=O) groups is 14. The highest BCUT2D eigenvalue weighted by Crippen LogP contribution is 2.64. The van der Waals surface area contributed by atoms with Gasteiger partial charge in [0, 0.05) is 90.9 Å². The summed E-state index contributed by atoms with van der Waals surface area (Å²) in [4.78, 5) is 191. The molecule has 149 heavy (non-hydrogen) atoms. The summed E-state index contributed by atoms with van der Waals surface area (Å²) in [6, 6.07) is 19.6. The Bertz CT molecular complexity index is 5200. The Balaban J connectivity index is 0.609. The summed E-state index contributed by atoms with van der Waals surface area (Å²) in [6.45, 7) is 11.6. The van der Waals surface area contributed by atoms with Gasteiger partial charge in [-0.2, -0.15) is 0 Å². The molecule has 3 saturated heterocycles. The number of nitrogens with zero attached hydrogens (tertiary/aromatic N) is 3. The molecular formula is C102H143N9O38. The van der Waals surface area contributed by atoms with Gasteiger partial charge in [-0.3, -0.25) is 47.8 Å². The molecule has 14 N–H and O–H groups in total. The van der Waals surface area contributed by atoms with Crippen molar-refractivity contribution >= 4 is 83.0 Å². The molecule has 6 aliphatic rings. The Kier molecular flexibility index (Phi) is 44.4. The fourth-order valence-electron chi connectivity index (χ4n) is 19.4. The third kappa shape index (κ3) is 31.8. The molecule has 47 heteroatoms. The summed E-state index contributed by atoms with van der Waals surface area (Å²) in [5.74, 6) is -12.2. The number of ketones is 2. The number of esters is 6. The van der Waals surface area contributed by atoms with Crippen LogP contribution in [-0.2, 0) is 148 Å². The quantitative estimate of drug-likeness (QED) is 0.0126. The second-order valence-corrected chi connectivity index (χ2v) is 39.4. The Labute approximate surface area is 861 Å². The number of nitrogens with one attached hydrogen (secondary N) is 6. The number of amides is 6. The fraction of sp³-hybridized carbons (Fsp3) is 0.647. The predicted octanol–water partition coefficient (Wildman–Crippen LogP) is 0.784. The third-order valence-corrected chi connectivity index (χ3v) is 27.2. The van der Waals surface area contributed by atoms with Crippen LogP contribution >= 0.6 is 0 Å². The van der Waals surface area contributed by atoms with E-state index in [9.17, 15) is 98.4 Å². The number of aryl methyl sites for hydroxylation is 2. The Hall–Kier alpha value is -11.5. The number of benzene rings is 3. The van der Waals surface area contributed by atoms with Gasteiger partial charge in [0.25, 0.3) is 0 Å². The number of aromatic nitrogens is 3. The van der Waals surface area contributed by atoms with Crippen LogP contribution in [0.5, 0.6) is 5.75 Å². The molecular weight excluding hydrogens is 1960 g/mol. The number of carbonyl (C=O) groups excluding carboxylic acids is 14. The van der Waals surface area contributed by atoms with E-state index >= 15 is 9.59 Å². The van der Waals surface area contributed by atoms with E-state index in [1.54, 1.807) is 106 Å². The number of methoxy groups -OCH3 is 2. The number of unbranched alkanes of at least 4 members (excludes halogenated alkanes) is 3. The third-order valence-electron chi connectivity index (χ3n) is 27.2. The van der Waals surface area contributed by atoms with E-state index in [2.05, 4.69) is 42.2 Å². The van der Waals surface area contributed by atoms with Gasteiger partial charge in [-0.1, -0.05) is 92.6 Å². The van der Waals surface area contributed by atoms with Crippen LogP contribution in [0.2, 0.25) is 0 Å². The fourth-order valence-corrected chi connectivity index (χ4v) is 19.4. The normalized spacial score (nSPS) is 26.6. The summed E-state index contributed by atoms with van der Waals surface area (Å²) in [6.07, 6.45) is -21.9. The molecule has 4 aromatic rings. The second kappa shape index (κ2) is 55.5. The van der Waals surface area contributed by atoms with Crippen LogP contribution in [0, 0.1) is 22.7 Å². The predicted molar refractivity (Wildman–Crippen MR) is 516 cm³/mol. The van der Waals surface area contributed by atoms with Crippen LogP contribution in [0.3, 0.4) is 0 Å². The van der Waals surface area contributed by atoms with Crippen LogP contribution in [0.15, 0.2) is 102 Å². The van der Waals surface area contributed by atoms with E-state index in [-0.39, 0.29) is 119 Å². The summed E-state index contributed by atoms with van der Waals surface area (Å²) in [5.41, 5.74) is -8.23. The molecule has 824 valence electrons. The number of aliphatic hydroxyl groups excluding tert-OH is 7. The lowest BCUT2D eigenvalue weighted by Crippen LogP contribution is -2.81. The minimum atomic E-state index is -2.56. The summed E-state index contributed by atoms with van der Waals surface area (Å²) in [7, 11) is 2.60. The maximum Gasteiger partial charge on any atom is 0.408 e. The summed E-state index contributed by atoms with van der Waals surface area (Å²) < 4.78 is 92.4. The highest BCUT2D eigenvalue weighted by atomic mass is 16.7. The lowest BCUT2D eigenvalue weighted by molar-refractivity contribution is -0.346. The van der Waals surface area contributed by atoms with Crippen molar-refractivity contribution in [1.29, 1.82) is 0 Å². The molecule has 5 unspecified atom stereocenters. The average Bonchev–Trinajstić information content (AvgIpc) is 0.808. The first kappa shape index (κ1) is 119. The zero-order valence-corrected chi connectivity index (χ0v) is 85.9. The Morgan fingerprint density at radius 1 is 0.651 bits per heavy atom. The molecule has 0 spiro atoms. The molecule has 1 aromatic heterocycles. The molecule has 2 bridgehead atoms. The average molecular weight is 2100 g/mol. The second-order valence-electron chi connectivity index (χ2n) is 39.4. The van der Waals surface area contributed by atoms with Gasteiger partial charge in [-0.05, 0) is 140 Å². The van der Waals surface area contributed by atoms with Crippen molar-refractivity contribution in [1.82, 2.24) is 46.9 Å². The van der Waals surface area contributed by atoms with Crippen molar-refractivity contribution in [3.63, 3.8) is 0 Å². The van der Waals surface area contributed by atoms with Gasteiger partial charge in [-0.25, -0.2) is 24.0 Å². The van der Waals surface area contributed by atoms with Crippen LogP contribution in [0.25, 0.3) is 0 Å². The first-order valence-corrected chi connectivity index (χ1v) is 50.0. The highest BCUT2D eigenvalue weighted by molar-refractivity contribution is 5.95. The Morgan fingerprint density at radius 2 is 1.31 bits per heavy atom. The Morgan fingerprint density at radius 3 is 1.97 bits per heavy atom. The van der Waals surface area contributed by atoms with E-state index in [1.807, 2.05) is 0 Å². The number of rotatable bonds is 55. The van der Waals surface area contributed by atoms with E-state index in [0.29, 0.717) is 62.1 Å². The van der Waals surface area contributed by atoms with Gasteiger partial charge >= 0.3 is 41.9 Å². The zero-order chi connectivity index (χ0) is 109. The topological polar surface area (TPSA) is 651 Å². The van der Waals surface area contributed by atoms with Crippen LogP contribution < -0.4 is 36.6 Å². The number of fused-ring (bicyclic) bond motifs is 5. The maximum atomic E-state index is 15.5. The number of ether oxygens (including phenoxy) is 16. The summed E-state index contributed by atoms with van der Waals surface area (Å²) >= 11 is 0. The largest absolute Gasteiger partial charge is 0.494 e. The molecule has 3 aromatic carbocycles. The van der Waals surface area contributed by atoms with E-state index < -0.39 is 279 Å². The number of hydrogen-bond donors (Lipinski definition) is 14. The van der Waals surface area contributed by atoms with Crippen molar-refractivity contribution in [2.45, 2.75) is 299 Å². The highest BCUT2D eigenvalue weighted by Gasteiger charge is 2.78. The van der Waals surface area contributed by atoms with Crippen LogP contribution in [-0.4, -0.2) is 360 Å². The molecule has 3 aliphatic heterocycles. The molecule has 5 fully saturated rings.